The molecule has 4 heterocycles. The Balaban J connectivity index is 1.83. The Hall–Kier alpha value is -2.94. The number of anilines is 3. The minimum atomic E-state index is -0.753. The summed E-state index contributed by atoms with van der Waals surface area (Å²) in [4.78, 5) is 37.0. The molecule has 2 aliphatic heterocycles. The first kappa shape index (κ1) is 20.3. The van der Waals surface area contributed by atoms with E-state index >= 15 is 0 Å². The highest BCUT2D eigenvalue weighted by atomic mass is 16.2. The normalized spacial score (nSPS) is 21.6. The quantitative estimate of drug-likeness (QED) is 0.690. The maximum Gasteiger partial charge on any atom is 0.276 e. The Labute approximate surface area is 175 Å². The predicted molar refractivity (Wildman–Crippen MR) is 116 cm³/mol. The lowest BCUT2D eigenvalue weighted by Crippen LogP contribution is -2.61. The van der Waals surface area contributed by atoms with Crippen molar-refractivity contribution in [2.75, 3.05) is 24.1 Å². The number of hydrogen-bond acceptors (Lipinski definition) is 7. The lowest BCUT2D eigenvalue weighted by molar-refractivity contribution is 0.0209. The number of likely N-dealkylation sites (tertiary alicyclic amines) is 1. The van der Waals surface area contributed by atoms with Crippen LogP contribution in [0.3, 0.4) is 0 Å². The molecule has 1 saturated heterocycles. The summed E-state index contributed by atoms with van der Waals surface area (Å²) in [5, 5.41) is 6.25. The molecule has 1 amide bonds. The number of carbonyl (C=O) groups is 1. The summed E-state index contributed by atoms with van der Waals surface area (Å²) in [6, 6.07) is 1.70. The maximum atomic E-state index is 13.6. The minimum absolute atomic E-state index is 0.0645. The summed E-state index contributed by atoms with van der Waals surface area (Å²) in [6.45, 7) is 11.6. The van der Waals surface area contributed by atoms with Gasteiger partial charge in [0.2, 0.25) is 0 Å². The van der Waals surface area contributed by atoms with Crippen LogP contribution in [0.1, 0.15) is 55.2 Å². The largest absolute Gasteiger partial charge is 0.383 e. The van der Waals surface area contributed by atoms with Crippen molar-refractivity contribution in [2.24, 2.45) is 0 Å². The second-order valence-electron chi connectivity index (χ2n) is 9.27. The van der Waals surface area contributed by atoms with Gasteiger partial charge in [-0.05, 0) is 65.6 Å². The molecule has 30 heavy (non-hydrogen) atoms. The molecule has 4 N–H and O–H groups in total. The van der Waals surface area contributed by atoms with E-state index in [0.29, 0.717) is 41.5 Å². The molecule has 1 unspecified atom stereocenters. The van der Waals surface area contributed by atoms with Crippen LogP contribution in [-0.2, 0) is 5.66 Å². The summed E-state index contributed by atoms with van der Waals surface area (Å²) in [6.07, 6.45) is 2.96. The van der Waals surface area contributed by atoms with Crippen molar-refractivity contribution in [1.82, 2.24) is 24.8 Å². The standard InChI is InChI=1S/C21H29N7O2/c1-12-9-14(25-17-13(2)16(22)23-11-24-17)19(30)28-15(12)18(29)26-21(28)7-6-8-27(10-21)20(3,4)5/h9,11H,6-8,10H2,1-5H3,(H,26,29)(H3,22,23,24,25). The molecule has 1 fully saturated rings. The van der Waals surface area contributed by atoms with E-state index in [1.165, 1.54) is 6.33 Å². The summed E-state index contributed by atoms with van der Waals surface area (Å²) in [7, 11) is 0. The third-order valence-corrected chi connectivity index (χ3v) is 6.18. The summed E-state index contributed by atoms with van der Waals surface area (Å²) in [5.74, 6) is 0.632. The van der Waals surface area contributed by atoms with Crippen LogP contribution < -0.4 is 21.9 Å². The van der Waals surface area contributed by atoms with Crippen LogP contribution in [0.2, 0.25) is 0 Å². The van der Waals surface area contributed by atoms with Crippen LogP contribution in [0.15, 0.2) is 17.2 Å². The summed E-state index contributed by atoms with van der Waals surface area (Å²) < 4.78 is 1.66. The number of aryl methyl sites for hydroxylation is 1. The van der Waals surface area contributed by atoms with Crippen molar-refractivity contribution in [3.63, 3.8) is 0 Å². The highest BCUT2D eigenvalue weighted by Crippen LogP contribution is 2.35. The van der Waals surface area contributed by atoms with Crippen LogP contribution in [0, 0.1) is 13.8 Å². The van der Waals surface area contributed by atoms with Gasteiger partial charge < -0.3 is 16.4 Å². The predicted octanol–water partition coefficient (Wildman–Crippen LogP) is 1.87. The van der Waals surface area contributed by atoms with Crippen molar-refractivity contribution in [3.05, 3.63) is 39.6 Å². The van der Waals surface area contributed by atoms with Gasteiger partial charge in [-0.25, -0.2) is 9.97 Å². The fourth-order valence-electron chi connectivity index (χ4n) is 4.46. The molecule has 0 saturated carbocycles. The lowest BCUT2D eigenvalue weighted by Gasteiger charge is -2.46. The molecule has 160 valence electrons. The number of carbonyl (C=O) groups excluding carboxylic acids is 1. The summed E-state index contributed by atoms with van der Waals surface area (Å²) in [5.41, 5.74) is 7.01. The van der Waals surface area contributed by atoms with Gasteiger partial charge >= 0.3 is 0 Å². The number of nitrogens with one attached hydrogen (secondary N) is 2. The number of nitrogen functional groups attached to an aromatic ring is 1. The molecular weight excluding hydrogens is 382 g/mol. The minimum Gasteiger partial charge on any atom is -0.383 e. The molecule has 0 aliphatic carbocycles. The van der Waals surface area contributed by atoms with Crippen molar-refractivity contribution >= 4 is 23.2 Å². The molecule has 1 atom stereocenters. The fraction of sp³-hybridized carbons (Fsp3) is 0.524. The highest BCUT2D eigenvalue weighted by Gasteiger charge is 2.48. The molecule has 1 spiro atoms. The van der Waals surface area contributed by atoms with Gasteiger partial charge in [-0.2, -0.15) is 0 Å². The van der Waals surface area contributed by atoms with Crippen molar-refractivity contribution < 1.29 is 4.79 Å². The summed E-state index contributed by atoms with van der Waals surface area (Å²) >= 11 is 0. The molecule has 9 heteroatoms. The van der Waals surface area contributed by atoms with Gasteiger partial charge in [0.1, 0.15) is 35.0 Å². The first-order chi connectivity index (χ1) is 14.0. The van der Waals surface area contributed by atoms with Crippen LogP contribution in [0.4, 0.5) is 17.3 Å². The van der Waals surface area contributed by atoms with Gasteiger partial charge in [0.15, 0.2) is 0 Å². The SMILES string of the molecule is Cc1cc(Nc2ncnc(N)c2C)c(=O)n2c1C(=O)NC21CCCN(C(C)(C)C)C1. The Morgan fingerprint density at radius 3 is 2.67 bits per heavy atom. The molecule has 2 aliphatic rings. The van der Waals surface area contributed by atoms with Crippen molar-refractivity contribution in [1.29, 1.82) is 0 Å². The second kappa shape index (κ2) is 6.80. The van der Waals surface area contributed by atoms with Gasteiger partial charge in [0.25, 0.3) is 11.5 Å². The Kier molecular flexibility index (Phi) is 4.61. The number of piperidine rings is 1. The van der Waals surface area contributed by atoms with Crippen molar-refractivity contribution in [3.8, 4) is 0 Å². The second-order valence-corrected chi connectivity index (χ2v) is 9.27. The first-order valence-corrected chi connectivity index (χ1v) is 10.2. The van der Waals surface area contributed by atoms with Gasteiger partial charge in [-0.1, -0.05) is 0 Å². The fourth-order valence-corrected chi connectivity index (χ4v) is 4.46. The number of amides is 1. The molecule has 0 aromatic carbocycles. The van der Waals surface area contributed by atoms with E-state index in [9.17, 15) is 9.59 Å². The third kappa shape index (κ3) is 3.13. The first-order valence-electron chi connectivity index (χ1n) is 10.2. The van der Waals surface area contributed by atoms with Crippen molar-refractivity contribution in [2.45, 2.75) is 58.7 Å². The number of nitrogens with zero attached hydrogens (tertiary/aromatic N) is 4. The van der Waals surface area contributed by atoms with Gasteiger partial charge in [0.05, 0.1) is 0 Å². The average molecular weight is 412 g/mol. The maximum absolute atomic E-state index is 13.6. The van der Waals surface area contributed by atoms with Crippen LogP contribution in [0.5, 0.6) is 0 Å². The number of nitrogens with two attached hydrogens (primary N) is 1. The van der Waals surface area contributed by atoms with Crippen LogP contribution in [0.25, 0.3) is 0 Å². The zero-order valence-electron chi connectivity index (χ0n) is 18.2. The molecule has 0 bridgehead atoms. The zero-order valence-corrected chi connectivity index (χ0v) is 18.2. The molecule has 9 nitrogen and oxygen atoms in total. The van der Waals surface area contributed by atoms with Crippen LogP contribution >= 0.6 is 0 Å². The number of aromatic nitrogens is 3. The number of fused-ring (bicyclic) bond motifs is 2. The zero-order chi connectivity index (χ0) is 21.8. The average Bonchev–Trinajstić information content (AvgIpc) is 2.94. The van der Waals surface area contributed by atoms with Crippen LogP contribution in [-0.4, -0.2) is 44.0 Å². The van der Waals surface area contributed by atoms with E-state index in [0.717, 1.165) is 18.5 Å². The molecule has 2 aromatic heterocycles. The number of rotatable bonds is 2. The molecule has 2 aromatic rings. The lowest BCUT2D eigenvalue weighted by atomic mass is 9.93. The molecule has 4 rings (SSSR count). The van der Waals surface area contributed by atoms with E-state index in [1.54, 1.807) is 17.6 Å². The van der Waals surface area contributed by atoms with E-state index < -0.39 is 5.66 Å². The number of pyridine rings is 1. The van der Waals surface area contributed by atoms with Gasteiger partial charge in [-0.3, -0.25) is 19.1 Å². The Morgan fingerprint density at radius 2 is 1.97 bits per heavy atom. The van der Waals surface area contributed by atoms with Gasteiger partial charge in [-0.15, -0.1) is 0 Å². The topological polar surface area (TPSA) is 118 Å². The van der Waals surface area contributed by atoms with E-state index in [2.05, 4.69) is 46.3 Å². The Morgan fingerprint density at radius 1 is 1.23 bits per heavy atom. The molecular formula is C21H29N7O2. The van der Waals surface area contributed by atoms with E-state index in [4.69, 9.17) is 5.73 Å². The number of hydrogen-bond donors (Lipinski definition) is 3. The monoisotopic (exact) mass is 411 g/mol. The Bertz CT molecular complexity index is 1090. The molecule has 0 radical (unpaired) electrons. The van der Waals surface area contributed by atoms with E-state index in [-0.39, 0.29) is 17.0 Å². The van der Waals surface area contributed by atoms with Gasteiger partial charge in [0, 0.05) is 17.6 Å². The third-order valence-electron chi connectivity index (χ3n) is 6.18. The smallest absolute Gasteiger partial charge is 0.276 e. The highest BCUT2D eigenvalue weighted by molar-refractivity contribution is 5.97. The van der Waals surface area contributed by atoms with E-state index in [1.807, 2.05) is 6.92 Å².